The van der Waals surface area contributed by atoms with E-state index in [0.29, 0.717) is 0 Å². The van der Waals surface area contributed by atoms with Crippen LogP contribution in [0.15, 0.2) is 34.7 Å². The van der Waals surface area contributed by atoms with Crippen molar-refractivity contribution in [3.63, 3.8) is 0 Å². The van der Waals surface area contributed by atoms with E-state index in [2.05, 4.69) is 62.9 Å². The molecule has 0 bridgehead atoms. The van der Waals surface area contributed by atoms with E-state index < -0.39 is 32.8 Å². The van der Waals surface area contributed by atoms with Gasteiger partial charge in [0.15, 0.2) is 22.2 Å². The number of para-hydroxylation sites is 1. The van der Waals surface area contributed by atoms with Crippen molar-refractivity contribution in [2.45, 2.75) is 58.9 Å². The van der Waals surface area contributed by atoms with Crippen LogP contribution in [0.4, 0.5) is 0 Å². The topological polar surface area (TPSA) is 24.8 Å². The molecule has 22 heavy (non-hydrogen) atoms. The summed E-state index contributed by atoms with van der Waals surface area (Å²) < 4.78 is 14.4. The molecule has 3 nitrogen and oxygen atoms in total. The van der Waals surface area contributed by atoms with Crippen molar-refractivity contribution >= 4 is 32.8 Å². The molecule has 0 radical (unpaired) electrons. The Morgan fingerprint density at radius 3 is 1.64 bits per heavy atom. The average Bonchev–Trinajstić information content (AvgIpc) is 2.23. The predicted molar refractivity (Wildman–Crippen MR) is 108 cm³/mol. The number of hydrogen-bond acceptors (Lipinski definition) is 2. The van der Waals surface area contributed by atoms with Gasteiger partial charge < -0.3 is 0 Å². The second-order valence-electron chi connectivity index (χ2n) is 8.58. The Hall–Kier alpha value is -0.269. The molecule has 0 aliphatic carbocycles. The standard InChI is InChI=1S/C15H32N2OPSi3/c1-20(2,3)16-19(18-15-13-11-10-12-14-15)17(21(4,5)6)22(7,8)9/h10-14H,1-9H3/q+1. The highest BCUT2D eigenvalue weighted by Gasteiger charge is 2.49. The van der Waals surface area contributed by atoms with Crippen LogP contribution in [0.25, 0.3) is 0 Å². The molecule has 1 atom stereocenters. The lowest BCUT2D eigenvalue weighted by Crippen LogP contribution is -2.55. The highest BCUT2D eigenvalue weighted by Crippen LogP contribution is 2.43. The van der Waals surface area contributed by atoms with Crippen LogP contribution in [0, 0.1) is 0 Å². The molecule has 0 aliphatic heterocycles. The van der Waals surface area contributed by atoms with Crippen LogP contribution in [-0.2, 0) is 0 Å². The highest BCUT2D eigenvalue weighted by atomic mass is 31.1. The van der Waals surface area contributed by atoms with E-state index in [-0.39, 0.29) is 0 Å². The molecule has 124 valence electrons. The molecule has 0 heterocycles. The number of hydrogen-bond donors (Lipinski definition) is 0. The van der Waals surface area contributed by atoms with Gasteiger partial charge in [-0.25, -0.2) is 0 Å². The Balaban J connectivity index is 3.33. The molecule has 0 saturated carbocycles. The first-order valence-corrected chi connectivity index (χ1v) is 19.4. The maximum atomic E-state index is 6.43. The van der Waals surface area contributed by atoms with E-state index in [0.717, 1.165) is 5.75 Å². The quantitative estimate of drug-likeness (QED) is 0.429. The second-order valence-corrected chi connectivity index (χ2v) is 25.6. The van der Waals surface area contributed by atoms with E-state index in [1.807, 2.05) is 30.3 Å². The van der Waals surface area contributed by atoms with Crippen LogP contribution in [0.2, 0.25) is 58.9 Å². The molecule has 0 aliphatic rings. The zero-order chi connectivity index (χ0) is 17.2. The molecule has 0 amide bonds. The molecule has 1 rings (SSSR count). The van der Waals surface area contributed by atoms with Crippen molar-refractivity contribution in [3.05, 3.63) is 30.3 Å². The summed E-state index contributed by atoms with van der Waals surface area (Å²) in [6.07, 6.45) is 0. The number of benzene rings is 1. The van der Waals surface area contributed by atoms with Gasteiger partial charge in [-0.05, 0) is 31.8 Å². The SMILES string of the molecule is C[Si](C)(C)N=[P+](Oc1ccccc1)N([Si](C)(C)C)[Si](C)(C)C. The number of rotatable bonds is 6. The van der Waals surface area contributed by atoms with Crippen LogP contribution in [0.3, 0.4) is 0 Å². The molecule has 1 unspecified atom stereocenters. The fourth-order valence-electron chi connectivity index (χ4n) is 2.46. The summed E-state index contributed by atoms with van der Waals surface area (Å²) in [6, 6.07) is 10.2. The highest BCUT2D eigenvalue weighted by molar-refractivity contribution is 7.48. The first-order valence-electron chi connectivity index (χ1n) is 7.87. The van der Waals surface area contributed by atoms with Crippen molar-refractivity contribution in [1.29, 1.82) is 0 Å². The lowest BCUT2D eigenvalue weighted by Gasteiger charge is -2.34. The summed E-state index contributed by atoms with van der Waals surface area (Å²) in [7, 11) is -5.51. The van der Waals surface area contributed by atoms with Gasteiger partial charge >= 0.3 is 8.09 Å². The summed E-state index contributed by atoms with van der Waals surface area (Å²) in [5.74, 6) is 0.942. The Labute approximate surface area is 141 Å². The lowest BCUT2D eigenvalue weighted by molar-refractivity contribution is 0.597. The molecule has 1 aromatic carbocycles. The minimum Gasteiger partial charge on any atom is -0.254 e. The largest absolute Gasteiger partial charge is 0.502 e. The third-order valence-corrected chi connectivity index (χ3v) is 17.8. The van der Waals surface area contributed by atoms with E-state index in [1.54, 1.807) is 0 Å². The summed E-state index contributed by atoms with van der Waals surface area (Å²) in [4.78, 5) is 0. The predicted octanol–water partition coefficient (Wildman–Crippen LogP) is 6.37. The van der Waals surface area contributed by atoms with Gasteiger partial charge in [0, 0.05) is 0 Å². The molecular formula is C15H32N2OPSi3+. The number of nitrogens with zero attached hydrogens (tertiary/aromatic N) is 2. The molecule has 0 saturated heterocycles. The van der Waals surface area contributed by atoms with Crippen LogP contribution >= 0.6 is 8.09 Å². The van der Waals surface area contributed by atoms with E-state index in [4.69, 9.17) is 8.93 Å². The zero-order valence-electron chi connectivity index (χ0n) is 15.6. The van der Waals surface area contributed by atoms with Crippen molar-refractivity contribution in [1.82, 2.24) is 4.00 Å². The van der Waals surface area contributed by atoms with Crippen molar-refractivity contribution in [2.24, 2.45) is 4.41 Å². The van der Waals surface area contributed by atoms with Gasteiger partial charge in [0.1, 0.15) is 0 Å². The average molecular weight is 372 g/mol. The monoisotopic (exact) mass is 371 g/mol. The van der Waals surface area contributed by atoms with Crippen molar-refractivity contribution < 1.29 is 4.52 Å². The third kappa shape index (κ3) is 6.46. The summed E-state index contributed by atoms with van der Waals surface area (Å²) in [5.41, 5.74) is 0. The maximum Gasteiger partial charge on any atom is 0.502 e. The van der Waals surface area contributed by atoms with E-state index in [9.17, 15) is 0 Å². The molecule has 0 aromatic heterocycles. The van der Waals surface area contributed by atoms with Gasteiger partial charge in [-0.3, -0.25) is 4.52 Å². The third-order valence-electron chi connectivity index (χ3n) is 2.76. The van der Waals surface area contributed by atoms with Gasteiger partial charge in [-0.1, -0.05) is 57.5 Å². The van der Waals surface area contributed by atoms with Gasteiger partial charge in [0.2, 0.25) is 8.24 Å². The first kappa shape index (κ1) is 19.8. The fourth-order valence-corrected chi connectivity index (χ4v) is 18.6. The van der Waals surface area contributed by atoms with Gasteiger partial charge in [-0.15, -0.1) is 8.41 Å². The first-order chi connectivity index (χ1) is 9.81. The molecular weight excluding hydrogens is 339 g/mol. The van der Waals surface area contributed by atoms with Crippen molar-refractivity contribution in [2.75, 3.05) is 0 Å². The van der Waals surface area contributed by atoms with Crippen LogP contribution < -0.4 is 4.52 Å². The smallest absolute Gasteiger partial charge is 0.254 e. The minimum absolute atomic E-state index is 0.921. The maximum absolute atomic E-state index is 6.43. The van der Waals surface area contributed by atoms with Gasteiger partial charge in [-0.2, -0.15) is 0 Å². The molecule has 0 spiro atoms. The van der Waals surface area contributed by atoms with Crippen LogP contribution in [0.1, 0.15) is 0 Å². The second kappa shape index (κ2) is 7.09. The lowest BCUT2D eigenvalue weighted by atomic mass is 10.3. The van der Waals surface area contributed by atoms with Gasteiger partial charge in [0.25, 0.3) is 0 Å². The van der Waals surface area contributed by atoms with Crippen LogP contribution in [-0.4, -0.2) is 28.7 Å². The summed E-state index contributed by atoms with van der Waals surface area (Å²) in [6.45, 7) is 21.4. The molecule has 0 N–H and O–H groups in total. The minimum atomic E-state index is -1.56. The Bertz CT molecular complexity index is 502. The Kier molecular flexibility index (Phi) is 6.38. The summed E-state index contributed by atoms with van der Waals surface area (Å²) in [5, 5.41) is 0. The van der Waals surface area contributed by atoms with E-state index >= 15 is 0 Å². The van der Waals surface area contributed by atoms with Gasteiger partial charge in [0.05, 0.1) is 0 Å². The molecule has 1 aromatic rings. The fraction of sp³-hybridized carbons (Fsp3) is 0.600. The molecule has 0 fully saturated rings. The zero-order valence-corrected chi connectivity index (χ0v) is 19.5. The Morgan fingerprint density at radius 1 is 0.818 bits per heavy atom. The Morgan fingerprint density at radius 2 is 1.27 bits per heavy atom. The molecule has 7 heteroatoms. The summed E-state index contributed by atoms with van der Waals surface area (Å²) >= 11 is 0. The normalized spacial score (nSPS) is 14.4. The van der Waals surface area contributed by atoms with E-state index in [1.165, 1.54) is 0 Å². The van der Waals surface area contributed by atoms with Crippen molar-refractivity contribution in [3.8, 4) is 5.75 Å². The van der Waals surface area contributed by atoms with Crippen LogP contribution in [0.5, 0.6) is 5.75 Å².